The van der Waals surface area contributed by atoms with Crippen LogP contribution in [0.2, 0.25) is 0 Å². The van der Waals surface area contributed by atoms with Crippen LogP contribution in [0.25, 0.3) is 22.3 Å². The summed E-state index contributed by atoms with van der Waals surface area (Å²) >= 11 is 0. The Morgan fingerprint density at radius 2 is 0.556 bits per heavy atom. The number of aliphatic imine (C=N–C) groups is 2. The third-order valence-electron chi connectivity index (χ3n) is 20.6. The van der Waals surface area contributed by atoms with Crippen LogP contribution in [0, 0.1) is 23.7 Å². The number of aromatic amines is 2. The molecule has 4 heteroatoms. The standard InChI is InChI=1S/C68H62N4/c1-5-13-37(14-6-1)57-61-49-41-21-25-43(26-22-41)51(49)63(69-61)58(38-15-7-2-8-16-38)65-53-45-29-33-47(34-30-45)55(53)67(71-65)60(40-19-11-4-12-20-40)68-56-48-35-31-46(32-36-48)54(56)66(72-68)59(39-17-9-3-10-18-39)64-52-44-27-23-42(24-28-44)50(52)62(57)70-64/h1-20,41-48,69,72H,21-36H2. The second-order valence-electron chi connectivity index (χ2n) is 23.8. The van der Waals surface area contributed by atoms with Crippen molar-refractivity contribution in [1.82, 2.24) is 9.97 Å². The lowest BCUT2D eigenvalue weighted by Gasteiger charge is -2.39. The van der Waals surface area contributed by atoms with E-state index >= 15 is 0 Å². The number of aromatic nitrogens is 2. The van der Waals surface area contributed by atoms with Crippen molar-refractivity contribution in [3.63, 3.8) is 0 Å². The van der Waals surface area contributed by atoms with E-state index in [-0.39, 0.29) is 0 Å². The first-order chi connectivity index (χ1) is 35.7. The number of nitrogens with zero attached hydrogens (tertiary/aromatic N) is 2. The monoisotopic (exact) mass is 934 g/mol. The highest BCUT2D eigenvalue weighted by molar-refractivity contribution is 6.35. The van der Waals surface area contributed by atoms with Gasteiger partial charge in [0.15, 0.2) is 0 Å². The van der Waals surface area contributed by atoms with Gasteiger partial charge in [-0.15, -0.1) is 0 Å². The molecule has 2 aliphatic heterocycles. The fraction of sp³-hybridized carbons (Fsp3) is 0.353. The molecule has 2 aromatic heterocycles. The van der Waals surface area contributed by atoms with Crippen molar-refractivity contribution in [2.24, 2.45) is 33.7 Å². The topological polar surface area (TPSA) is 56.3 Å². The number of hydrogen-bond acceptors (Lipinski definition) is 2. The zero-order valence-corrected chi connectivity index (χ0v) is 41.4. The Bertz CT molecular complexity index is 3390. The number of hydrogen-bond donors (Lipinski definition) is 2. The molecule has 0 saturated heterocycles. The Morgan fingerprint density at radius 3 is 0.889 bits per heavy atom. The van der Waals surface area contributed by atoms with Gasteiger partial charge >= 0.3 is 0 Å². The summed E-state index contributed by atoms with van der Waals surface area (Å²) in [5, 5.41) is 2.68. The maximum Gasteiger partial charge on any atom is 0.0775 e. The second-order valence-corrected chi connectivity index (χ2v) is 23.8. The van der Waals surface area contributed by atoms with Gasteiger partial charge in [0.05, 0.1) is 44.9 Å². The summed E-state index contributed by atoms with van der Waals surface area (Å²) in [6, 6.07) is 46.2. The van der Waals surface area contributed by atoms with E-state index in [4.69, 9.17) is 9.98 Å². The molecule has 6 aromatic rings. The van der Waals surface area contributed by atoms with Gasteiger partial charge in [-0.2, -0.15) is 0 Å². The van der Waals surface area contributed by atoms with Crippen LogP contribution in [0.15, 0.2) is 165 Å². The molecular weight excluding hydrogens is 873 g/mol. The zero-order valence-electron chi connectivity index (χ0n) is 41.4. The number of fused-ring (bicyclic) bond motifs is 8. The molecule has 21 rings (SSSR count). The normalized spacial score (nSPS) is 29.2. The molecule has 2 N–H and O–H groups in total. The van der Waals surface area contributed by atoms with E-state index in [9.17, 15) is 0 Å². The van der Waals surface area contributed by atoms with Crippen molar-refractivity contribution < 1.29 is 0 Å². The quantitative estimate of drug-likeness (QED) is 0.177. The highest BCUT2D eigenvalue weighted by Crippen LogP contribution is 2.61. The second kappa shape index (κ2) is 15.5. The smallest absolute Gasteiger partial charge is 0.0775 e. The molecule has 4 aromatic carbocycles. The predicted octanol–water partition coefficient (Wildman–Crippen LogP) is 14.6. The molecule has 16 bridgehead atoms. The van der Waals surface area contributed by atoms with Crippen LogP contribution < -0.4 is 10.7 Å². The minimum Gasteiger partial charge on any atom is -0.354 e. The molecule has 13 aliphatic carbocycles. The highest BCUT2D eigenvalue weighted by atomic mass is 14.9. The van der Waals surface area contributed by atoms with Crippen molar-refractivity contribution >= 4 is 33.7 Å². The lowest BCUT2D eigenvalue weighted by atomic mass is 9.63. The van der Waals surface area contributed by atoms with Gasteiger partial charge in [0.2, 0.25) is 0 Å². The average Bonchev–Trinajstić information content (AvgIpc) is 4.27. The van der Waals surface area contributed by atoms with Crippen LogP contribution >= 0.6 is 0 Å². The third-order valence-corrected chi connectivity index (χ3v) is 20.6. The molecule has 15 aliphatic rings. The van der Waals surface area contributed by atoms with Gasteiger partial charge in [0.25, 0.3) is 0 Å². The summed E-state index contributed by atoms with van der Waals surface area (Å²) in [4.78, 5) is 21.9. The molecule has 0 radical (unpaired) electrons. The lowest BCUT2D eigenvalue weighted by Crippen LogP contribution is -2.32. The summed E-state index contributed by atoms with van der Waals surface area (Å²) in [6.07, 6.45) is 20.1. The Balaban J connectivity index is 1.13. The van der Waals surface area contributed by atoms with Gasteiger partial charge in [0.1, 0.15) is 0 Å². The SMILES string of the molecule is c1ccc(C2=C3N=C(C4=C3C3CCC4CC3)C(c3ccccc3)=c3[nH]c(c4c3C3CCC4CC3)=C(c3ccccc3)C3=NC(=C(c4ccccc4)c4[nH]c2c2c4C4CCC2CC4)C2=C3C3CCC2CC3)cc1. The number of rotatable bonds is 4. The van der Waals surface area contributed by atoms with E-state index in [0.29, 0.717) is 47.3 Å². The fourth-order valence-corrected chi connectivity index (χ4v) is 17.6. The zero-order chi connectivity index (χ0) is 46.8. The van der Waals surface area contributed by atoms with Gasteiger partial charge in [-0.1, -0.05) is 121 Å². The summed E-state index contributed by atoms with van der Waals surface area (Å²) in [5.74, 6) is 4.07. The van der Waals surface area contributed by atoms with Gasteiger partial charge in [0, 0.05) is 22.3 Å². The molecule has 0 atom stereocenters. The van der Waals surface area contributed by atoms with Gasteiger partial charge in [-0.05, 0) is 217 Å². The number of allylic oxidation sites excluding steroid dienone is 4. The molecule has 4 heterocycles. The molecule has 0 amide bonds. The van der Waals surface area contributed by atoms with E-state index in [1.54, 1.807) is 44.5 Å². The Morgan fingerprint density at radius 1 is 0.278 bits per heavy atom. The van der Waals surface area contributed by atoms with Crippen LogP contribution in [0.3, 0.4) is 0 Å². The molecule has 4 saturated carbocycles. The Hall–Kier alpha value is -6.52. The van der Waals surface area contributed by atoms with Crippen LogP contribution in [0.1, 0.15) is 182 Å². The first-order valence-electron chi connectivity index (χ1n) is 28.4. The van der Waals surface area contributed by atoms with Gasteiger partial charge < -0.3 is 9.97 Å². The molecule has 4 nitrogen and oxygen atoms in total. The van der Waals surface area contributed by atoms with E-state index < -0.39 is 0 Å². The maximum atomic E-state index is 6.38. The van der Waals surface area contributed by atoms with E-state index in [1.807, 2.05) is 0 Å². The van der Waals surface area contributed by atoms with Crippen LogP contribution in [-0.2, 0) is 0 Å². The average molecular weight is 935 g/mol. The summed E-state index contributed by atoms with van der Waals surface area (Å²) in [6.45, 7) is 0. The molecule has 4 fully saturated rings. The van der Waals surface area contributed by atoms with E-state index in [1.165, 1.54) is 192 Å². The molecular formula is C68H62N4. The van der Waals surface area contributed by atoms with E-state index in [0.717, 1.165) is 0 Å². The molecule has 0 spiro atoms. The molecule has 72 heavy (non-hydrogen) atoms. The predicted molar refractivity (Wildman–Crippen MR) is 291 cm³/mol. The fourth-order valence-electron chi connectivity index (χ4n) is 17.6. The third kappa shape index (κ3) is 5.65. The minimum absolute atomic E-state index is 0.503. The van der Waals surface area contributed by atoms with Crippen LogP contribution in [0.4, 0.5) is 0 Å². The number of benzene rings is 4. The Kier molecular flexibility index (Phi) is 8.83. The first-order valence-corrected chi connectivity index (χ1v) is 28.4. The Labute approximate surface area is 423 Å². The number of nitrogens with one attached hydrogen (secondary N) is 2. The van der Waals surface area contributed by atoms with Crippen LogP contribution in [-0.4, -0.2) is 21.4 Å². The van der Waals surface area contributed by atoms with E-state index in [2.05, 4.69) is 131 Å². The van der Waals surface area contributed by atoms with Gasteiger partial charge in [-0.25, -0.2) is 9.98 Å². The summed E-state index contributed by atoms with van der Waals surface area (Å²) < 4.78 is 0. The maximum absolute atomic E-state index is 6.38. The highest BCUT2D eigenvalue weighted by Gasteiger charge is 2.49. The van der Waals surface area contributed by atoms with Crippen molar-refractivity contribution in [2.45, 2.75) is 126 Å². The minimum atomic E-state index is 0.503. The number of H-pyrrole nitrogens is 2. The first kappa shape index (κ1) is 41.0. The summed E-state index contributed by atoms with van der Waals surface area (Å²) in [7, 11) is 0. The molecule has 0 unspecified atom stereocenters. The van der Waals surface area contributed by atoms with Crippen LogP contribution in [0.5, 0.6) is 0 Å². The van der Waals surface area contributed by atoms with Gasteiger partial charge in [-0.3, -0.25) is 0 Å². The van der Waals surface area contributed by atoms with Crippen molar-refractivity contribution in [2.75, 3.05) is 0 Å². The summed E-state index contributed by atoms with van der Waals surface area (Å²) in [5.41, 5.74) is 30.8. The van der Waals surface area contributed by atoms with Crippen molar-refractivity contribution in [3.05, 3.63) is 222 Å². The molecule has 354 valence electrons. The largest absolute Gasteiger partial charge is 0.354 e. The van der Waals surface area contributed by atoms with Crippen molar-refractivity contribution in [1.29, 1.82) is 0 Å². The lowest BCUT2D eigenvalue weighted by molar-refractivity contribution is 0.309. The van der Waals surface area contributed by atoms with Crippen molar-refractivity contribution in [3.8, 4) is 0 Å².